The van der Waals surface area contributed by atoms with Gasteiger partial charge in [0.25, 0.3) is 15.9 Å². The Hall–Kier alpha value is -4.25. The number of nitrogens with zero attached hydrogens (tertiary/aromatic N) is 2. The molecule has 0 heterocycles. The number of methoxy groups -OCH3 is 1. The number of amides is 2. The molecule has 11 heteroatoms. The molecule has 0 atom stereocenters. The first kappa shape index (κ1) is 30.3. The zero-order valence-electron chi connectivity index (χ0n) is 23.5. The summed E-state index contributed by atoms with van der Waals surface area (Å²) in [5, 5.41) is 6.11. The molecule has 0 saturated carbocycles. The molecule has 0 fully saturated rings. The van der Waals surface area contributed by atoms with Crippen LogP contribution in [0, 0.1) is 0 Å². The zero-order chi connectivity index (χ0) is 29.3. The van der Waals surface area contributed by atoms with Crippen molar-refractivity contribution < 1.29 is 22.7 Å². The van der Waals surface area contributed by atoms with Crippen molar-refractivity contribution in [2.24, 2.45) is 0 Å². The predicted molar refractivity (Wildman–Crippen MR) is 159 cm³/mol. The molecule has 3 aromatic carbocycles. The predicted octanol–water partition coefficient (Wildman–Crippen LogP) is 3.42. The number of ether oxygens (including phenoxy) is 1. The fraction of sp³-hybridized carbons (Fsp3) is 0.310. The lowest BCUT2D eigenvalue weighted by Gasteiger charge is -2.17. The quantitative estimate of drug-likeness (QED) is 0.271. The van der Waals surface area contributed by atoms with E-state index in [2.05, 4.69) is 15.4 Å². The van der Waals surface area contributed by atoms with E-state index >= 15 is 0 Å². The Kier molecular flexibility index (Phi) is 10.4. The van der Waals surface area contributed by atoms with Crippen molar-refractivity contribution in [1.29, 1.82) is 0 Å². The van der Waals surface area contributed by atoms with E-state index in [0.29, 0.717) is 42.0 Å². The topological polar surface area (TPSA) is 120 Å². The van der Waals surface area contributed by atoms with Crippen LogP contribution in [-0.2, 0) is 21.2 Å². The van der Waals surface area contributed by atoms with Crippen LogP contribution in [-0.4, -0.2) is 73.5 Å². The molecular weight excluding hydrogens is 530 g/mol. The SMILES string of the molecule is COc1ccc(CCC(=O)N(C)C)cc1S(=O)(=O)Nc1cccc(NCCNC(=O)c2ccccc2N(C)C)c1. The van der Waals surface area contributed by atoms with Crippen LogP contribution in [0.4, 0.5) is 17.1 Å². The number of anilines is 3. The van der Waals surface area contributed by atoms with E-state index < -0.39 is 10.0 Å². The van der Waals surface area contributed by atoms with Crippen LogP contribution < -0.4 is 25.0 Å². The average molecular weight is 568 g/mol. The maximum atomic E-state index is 13.3. The average Bonchev–Trinajstić information content (AvgIpc) is 2.93. The molecule has 3 rings (SSSR count). The molecular formula is C29H37N5O5S. The van der Waals surface area contributed by atoms with Gasteiger partial charge in [-0.15, -0.1) is 0 Å². The van der Waals surface area contributed by atoms with E-state index in [-0.39, 0.29) is 28.9 Å². The number of para-hydroxylation sites is 1. The Morgan fingerprint density at radius 3 is 2.30 bits per heavy atom. The Morgan fingerprint density at radius 2 is 1.60 bits per heavy atom. The summed E-state index contributed by atoms with van der Waals surface area (Å²) >= 11 is 0. The largest absolute Gasteiger partial charge is 0.495 e. The van der Waals surface area contributed by atoms with Crippen molar-refractivity contribution in [2.45, 2.75) is 17.7 Å². The number of carbonyl (C=O) groups excluding carboxylic acids is 2. The van der Waals surface area contributed by atoms with Gasteiger partial charge >= 0.3 is 0 Å². The van der Waals surface area contributed by atoms with Gasteiger partial charge in [0, 0.05) is 59.1 Å². The van der Waals surface area contributed by atoms with Gasteiger partial charge < -0.3 is 25.2 Å². The number of carbonyl (C=O) groups is 2. The minimum Gasteiger partial charge on any atom is -0.495 e. The van der Waals surface area contributed by atoms with Gasteiger partial charge in [-0.2, -0.15) is 0 Å². The summed E-state index contributed by atoms with van der Waals surface area (Å²) in [7, 11) is 4.55. The third kappa shape index (κ3) is 8.12. The number of nitrogens with one attached hydrogen (secondary N) is 3. The Morgan fingerprint density at radius 1 is 0.875 bits per heavy atom. The van der Waals surface area contributed by atoms with Crippen molar-refractivity contribution >= 4 is 38.9 Å². The highest BCUT2D eigenvalue weighted by atomic mass is 32.2. The van der Waals surface area contributed by atoms with Crippen molar-refractivity contribution in [3.05, 3.63) is 77.9 Å². The Balaban J connectivity index is 1.63. The summed E-state index contributed by atoms with van der Waals surface area (Å²) in [6.07, 6.45) is 0.669. The maximum absolute atomic E-state index is 13.3. The molecule has 40 heavy (non-hydrogen) atoms. The fourth-order valence-corrected chi connectivity index (χ4v) is 5.27. The molecule has 0 unspecified atom stereocenters. The van der Waals surface area contributed by atoms with Gasteiger partial charge in [0.15, 0.2) is 0 Å². The van der Waals surface area contributed by atoms with Crippen LogP contribution in [0.1, 0.15) is 22.3 Å². The van der Waals surface area contributed by atoms with Gasteiger partial charge in [-0.05, 0) is 54.4 Å². The van der Waals surface area contributed by atoms with Gasteiger partial charge in [0.2, 0.25) is 5.91 Å². The molecule has 0 aliphatic carbocycles. The third-order valence-electron chi connectivity index (χ3n) is 6.13. The lowest BCUT2D eigenvalue weighted by molar-refractivity contribution is -0.128. The molecule has 0 saturated heterocycles. The van der Waals surface area contributed by atoms with E-state index in [9.17, 15) is 18.0 Å². The fourth-order valence-electron chi connectivity index (χ4n) is 4.00. The second-order valence-corrected chi connectivity index (χ2v) is 11.2. The van der Waals surface area contributed by atoms with Gasteiger partial charge in [-0.3, -0.25) is 14.3 Å². The number of benzene rings is 3. The second-order valence-electron chi connectivity index (χ2n) is 9.55. The Labute approximate surface area is 236 Å². The highest BCUT2D eigenvalue weighted by Crippen LogP contribution is 2.28. The first-order valence-electron chi connectivity index (χ1n) is 12.8. The maximum Gasteiger partial charge on any atom is 0.265 e. The van der Waals surface area contributed by atoms with Crippen molar-refractivity contribution in [1.82, 2.24) is 10.2 Å². The summed E-state index contributed by atoms with van der Waals surface area (Å²) in [5.74, 6) is -0.00785. The molecule has 0 spiro atoms. The molecule has 3 aromatic rings. The van der Waals surface area contributed by atoms with Crippen molar-refractivity contribution in [3.8, 4) is 5.75 Å². The number of sulfonamides is 1. The van der Waals surface area contributed by atoms with E-state index in [1.54, 1.807) is 50.5 Å². The van der Waals surface area contributed by atoms with Gasteiger partial charge in [-0.1, -0.05) is 24.3 Å². The van der Waals surface area contributed by atoms with Crippen LogP contribution in [0.3, 0.4) is 0 Å². The van der Waals surface area contributed by atoms with Crippen molar-refractivity contribution in [3.63, 3.8) is 0 Å². The summed E-state index contributed by atoms with van der Waals surface area (Å²) in [6, 6.07) is 19.1. The van der Waals surface area contributed by atoms with Gasteiger partial charge in [0.05, 0.1) is 18.4 Å². The molecule has 0 aliphatic rings. The van der Waals surface area contributed by atoms with Crippen LogP contribution in [0.15, 0.2) is 71.6 Å². The van der Waals surface area contributed by atoms with E-state index in [1.165, 1.54) is 18.1 Å². The summed E-state index contributed by atoms with van der Waals surface area (Å²) < 4.78 is 34.5. The molecule has 0 bridgehead atoms. The lowest BCUT2D eigenvalue weighted by Crippen LogP contribution is -2.30. The van der Waals surface area contributed by atoms with E-state index in [1.807, 2.05) is 43.3 Å². The number of aryl methyl sites for hydroxylation is 1. The van der Waals surface area contributed by atoms with Crippen LogP contribution in [0.5, 0.6) is 5.75 Å². The standard InChI is InChI=1S/C29H37N5O5S/c1-33(2)25-12-7-6-11-24(25)29(36)31-18-17-30-22-9-8-10-23(20-22)32-40(37,38)27-19-21(13-15-26(27)39-5)14-16-28(35)34(3)4/h6-13,15,19-20,30,32H,14,16-18H2,1-5H3,(H,31,36). The second kappa shape index (κ2) is 13.7. The third-order valence-corrected chi connectivity index (χ3v) is 7.53. The van der Waals surface area contributed by atoms with E-state index in [0.717, 1.165) is 5.69 Å². The number of rotatable bonds is 13. The van der Waals surface area contributed by atoms with Crippen LogP contribution >= 0.6 is 0 Å². The molecule has 2 amide bonds. The van der Waals surface area contributed by atoms with E-state index in [4.69, 9.17) is 4.74 Å². The van der Waals surface area contributed by atoms with Crippen molar-refractivity contribution in [2.75, 3.05) is 63.3 Å². The molecule has 0 aliphatic heterocycles. The van der Waals surface area contributed by atoms with Gasteiger partial charge in [0.1, 0.15) is 10.6 Å². The summed E-state index contributed by atoms with van der Waals surface area (Å²) in [5.41, 5.74) is 3.18. The summed E-state index contributed by atoms with van der Waals surface area (Å²) in [4.78, 5) is 28.0. The molecule has 214 valence electrons. The lowest BCUT2D eigenvalue weighted by atomic mass is 10.1. The highest BCUT2D eigenvalue weighted by molar-refractivity contribution is 7.92. The van der Waals surface area contributed by atoms with Crippen LogP contribution in [0.2, 0.25) is 0 Å². The molecule has 0 aromatic heterocycles. The number of hydrogen-bond donors (Lipinski definition) is 3. The summed E-state index contributed by atoms with van der Waals surface area (Å²) in [6.45, 7) is 0.810. The molecule has 3 N–H and O–H groups in total. The first-order valence-corrected chi connectivity index (χ1v) is 14.3. The smallest absolute Gasteiger partial charge is 0.265 e. The normalized spacial score (nSPS) is 10.9. The zero-order valence-corrected chi connectivity index (χ0v) is 24.3. The van der Waals surface area contributed by atoms with Gasteiger partial charge in [-0.25, -0.2) is 8.42 Å². The van der Waals surface area contributed by atoms with Crippen LogP contribution in [0.25, 0.3) is 0 Å². The Bertz CT molecular complexity index is 1440. The highest BCUT2D eigenvalue weighted by Gasteiger charge is 2.21. The minimum atomic E-state index is -3.99. The molecule has 0 radical (unpaired) electrons. The minimum absolute atomic E-state index is 0.0103. The molecule has 10 nitrogen and oxygen atoms in total. The first-order chi connectivity index (χ1) is 19.0. The number of hydrogen-bond acceptors (Lipinski definition) is 7. The monoisotopic (exact) mass is 567 g/mol.